The Morgan fingerprint density at radius 1 is 1.07 bits per heavy atom. The zero-order valence-corrected chi connectivity index (χ0v) is 15.0. The van der Waals surface area contributed by atoms with Crippen LogP contribution in [-0.4, -0.2) is 18.1 Å². The third-order valence-electron chi connectivity index (χ3n) is 4.08. The Bertz CT molecular complexity index is 1130. The molecule has 0 unspecified atom stereocenters. The Morgan fingerprint density at radius 3 is 2.52 bits per heavy atom. The van der Waals surface area contributed by atoms with Gasteiger partial charge in [-0.2, -0.15) is 13.2 Å². The van der Waals surface area contributed by atoms with Gasteiger partial charge in [0.25, 0.3) is 0 Å². The van der Waals surface area contributed by atoms with E-state index in [4.69, 9.17) is 0 Å². The lowest BCUT2D eigenvalue weighted by Gasteiger charge is -2.07. The summed E-state index contributed by atoms with van der Waals surface area (Å²) in [5.74, 6) is -0.342. The highest BCUT2D eigenvalue weighted by molar-refractivity contribution is 7.90. The molecule has 0 aliphatic rings. The third kappa shape index (κ3) is 3.98. The van der Waals surface area contributed by atoms with Gasteiger partial charge in [-0.3, -0.25) is 0 Å². The van der Waals surface area contributed by atoms with E-state index in [1.165, 1.54) is 34.5 Å². The highest BCUT2D eigenvalue weighted by Gasteiger charge is 2.30. The van der Waals surface area contributed by atoms with Gasteiger partial charge < -0.3 is 0 Å². The molecule has 0 radical (unpaired) electrons. The first kappa shape index (κ1) is 19.0. The molecular formula is C20H16F3NO2S. The molecule has 27 heavy (non-hydrogen) atoms. The van der Waals surface area contributed by atoms with Gasteiger partial charge in [-0.05, 0) is 35.4 Å². The Labute approximate surface area is 155 Å². The summed E-state index contributed by atoms with van der Waals surface area (Å²) in [6.07, 6.45) is 1.38. The quantitative estimate of drug-likeness (QED) is 0.600. The number of halogens is 3. The molecule has 0 N–H and O–H groups in total. The first-order valence-corrected chi connectivity index (χ1v) is 9.63. The number of fused-ring (bicyclic) bond motifs is 1. The molecule has 0 saturated carbocycles. The standard InChI is InChI=1S/C20H16F3NO2S/c1-2-16-8-4-10-19-18(16)11-12-24(19)27(25,26)13-5-7-15-6-3-9-17(14-15)20(21,22)23/h2-12,14H,1,13H2. The number of aromatic nitrogens is 1. The molecule has 7 heteroatoms. The van der Waals surface area contributed by atoms with Crippen LogP contribution in [0.2, 0.25) is 0 Å². The molecular weight excluding hydrogens is 375 g/mol. The molecule has 0 aliphatic heterocycles. The van der Waals surface area contributed by atoms with Gasteiger partial charge >= 0.3 is 6.18 Å². The monoisotopic (exact) mass is 391 g/mol. The van der Waals surface area contributed by atoms with Gasteiger partial charge in [-0.25, -0.2) is 12.4 Å². The van der Waals surface area contributed by atoms with E-state index in [2.05, 4.69) is 6.58 Å². The smallest absolute Gasteiger partial charge is 0.245 e. The van der Waals surface area contributed by atoms with Gasteiger partial charge in [0.15, 0.2) is 0 Å². The van der Waals surface area contributed by atoms with E-state index >= 15 is 0 Å². The lowest BCUT2D eigenvalue weighted by atomic mass is 10.1. The maximum Gasteiger partial charge on any atom is 0.416 e. The van der Waals surface area contributed by atoms with Crippen LogP contribution in [0, 0.1) is 0 Å². The number of hydrogen-bond donors (Lipinski definition) is 0. The van der Waals surface area contributed by atoms with Crippen LogP contribution in [0.25, 0.3) is 23.1 Å². The maximum atomic E-state index is 12.7. The molecule has 3 rings (SSSR count). The van der Waals surface area contributed by atoms with E-state index < -0.39 is 21.8 Å². The number of alkyl halides is 3. The van der Waals surface area contributed by atoms with Crippen molar-refractivity contribution in [2.45, 2.75) is 6.18 Å². The van der Waals surface area contributed by atoms with Crippen LogP contribution in [0.15, 0.2) is 67.4 Å². The topological polar surface area (TPSA) is 39.1 Å². The summed E-state index contributed by atoms with van der Waals surface area (Å²) >= 11 is 0. The van der Waals surface area contributed by atoms with Crippen LogP contribution in [0.5, 0.6) is 0 Å². The Balaban J connectivity index is 1.86. The van der Waals surface area contributed by atoms with Gasteiger partial charge in [0.2, 0.25) is 10.0 Å². The van der Waals surface area contributed by atoms with Crippen molar-refractivity contribution >= 4 is 33.1 Å². The van der Waals surface area contributed by atoms with Crippen LogP contribution >= 0.6 is 0 Å². The van der Waals surface area contributed by atoms with Gasteiger partial charge in [-0.15, -0.1) is 0 Å². The lowest BCUT2D eigenvalue weighted by Crippen LogP contribution is -2.14. The second kappa shape index (κ2) is 7.08. The molecule has 0 bridgehead atoms. The van der Waals surface area contributed by atoms with E-state index in [0.717, 1.165) is 23.1 Å². The maximum absolute atomic E-state index is 12.7. The van der Waals surface area contributed by atoms with Crippen molar-refractivity contribution in [3.63, 3.8) is 0 Å². The summed E-state index contributed by atoms with van der Waals surface area (Å²) in [5.41, 5.74) is 0.855. The predicted molar refractivity (Wildman–Crippen MR) is 102 cm³/mol. The average Bonchev–Trinajstić information content (AvgIpc) is 3.06. The summed E-state index contributed by atoms with van der Waals surface area (Å²) in [7, 11) is -3.70. The average molecular weight is 391 g/mol. The fraction of sp³-hybridized carbons (Fsp3) is 0.100. The minimum absolute atomic E-state index is 0.284. The van der Waals surface area contributed by atoms with E-state index in [9.17, 15) is 21.6 Å². The molecule has 140 valence electrons. The van der Waals surface area contributed by atoms with Gasteiger partial charge in [0, 0.05) is 11.6 Å². The first-order valence-electron chi connectivity index (χ1n) is 8.02. The number of nitrogens with zero attached hydrogens (tertiary/aromatic N) is 1. The second-order valence-corrected chi connectivity index (χ2v) is 7.79. The number of rotatable bonds is 5. The zero-order valence-electron chi connectivity index (χ0n) is 14.1. The fourth-order valence-corrected chi connectivity index (χ4v) is 4.00. The molecule has 0 fully saturated rings. The molecule has 0 atom stereocenters. The lowest BCUT2D eigenvalue weighted by molar-refractivity contribution is -0.137. The molecule has 0 spiro atoms. The van der Waals surface area contributed by atoms with Gasteiger partial charge in [0.1, 0.15) is 0 Å². The van der Waals surface area contributed by atoms with E-state index in [0.29, 0.717) is 5.52 Å². The van der Waals surface area contributed by atoms with E-state index in [1.807, 2.05) is 6.07 Å². The predicted octanol–water partition coefficient (Wildman–Crippen LogP) is 5.19. The normalized spacial score (nSPS) is 12.7. The second-order valence-electron chi connectivity index (χ2n) is 5.90. The summed E-state index contributed by atoms with van der Waals surface area (Å²) in [6, 6.07) is 11.7. The summed E-state index contributed by atoms with van der Waals surface area (Å²) in [4.78, 5) is 0. The minimum atomic E-state index is -4.44. The SMILES string of the molecule is C=Cc1cccc2c1ccn2S(=O)(=O)CC=Cc1cccc(C(F)(F)F)c1. The highest BCUT2D eigenvalue weighted by atomic mass is 32.2. The summed E-state index contributed by atoms with van der Waals surface area (Å²) in [6.45, 7) is 3.71. The Hall–Kier alpha value is -2.80. The largest absolute Gasteiger partial charge is 0.416 e. The molecule has 3 aromatic rings. The van der Waals surface area contributed by atoms with Gasteiger partial charge in [0.05, 0.1) is 16.8 Å². The molecule has 0 saturated heterocycles. The van der Waals surface area contributed by atoms with Crippen molar-refractivity contribution in [3.05, 3.63) is 84.1 Å². The highest BCUT2D eigenvalue weighted by Crippen LogP contribution is 2.29. The summed E-state index contributed by atoms with van der Waals surface area (Å²) in [5, 5.41) is 0.762. The Kier molecular flexibility index (Phi) is 4.97. The third-order valence-corrected chi connectivity index (χ3v) is 5.61. The zero-order chi connectivity index (χ0) is 19.7. The Morgan fingerprint density at radius 2 is 1.81 bits per heavy atom. The molecule has 0 aliphatic carbocycles. The van der Waals surface area contributed by atoms with E-state index in [1.54, 1.807) is 24.3 Å². The van der Waals surface area contributed by atoms with Crippen molar-refractivity contribution < 1.29 is 21.6 Å². The number of hydrogen-bond acceptors (Lipinski definition) is 2. The fourth-order valence-electron chi connectivity index (χ4n) is 2.79. The van der Waals surface area contributed by atoms with Crippen molar-refractivity contribution in [2.75, 3.05) is 5.75 Å². The van der Waals surface area contributed by atoms with Crippen LogP contribution in [0.1, 0.15) is 16.7 Å². The van der Waals surface area contributed by atoms with Crippen LogP contribution in [-0.2, 0) is 16.2 Å². The van der Waals surface area contributed by atoms with Crippen LogP contribution in [0.3, 0.4) is 0 Å². The van der Waals surface area contributed by atoms with Crippen molar-refractivity contribution in [1.29, 1.82) is 0 Å². The van der Waals surface area contributed by atoms with Crippen molar-refractivity contribution in [2.24, 2.45) is 0 Å². The molecule has 1 heterocycles. The van der Waals surface area contributed by atoms with Crippen molar-refractivity contribution in [1.82, 2.24) is 3.97 Å². The first-order chi connectivity index (χ1) is 12.7. The molecule has 3 nitrogen and oxygen atoms in total. The van der Waals surface area contributed by atoms with Crippen molar-refractivity contribution in [3.8, 4) is 0 Å². The molecule has 1 aromatic heterocycles. The van der Waals surface area contributed by atoms with Crippen LogP contribution < -0.4 is 0 Å². The van der Waals surface area contributed by atoms with E-state index in [-0.39, 0.29) is 11.3 Å². The molecule has 2 aromatic carbocycles. The molecule has 0 amide bonds. The summed E-state index contributed by atoms with van der Waals surface area (Å²) < 4.78 is 64.7. The number of benzene rings is 2. The van der Waals surface area contributed by atoms with Crippen LogP contribution in [0.4, 0.5) is 13.2 Å². The minimum Gasteiger partial charge on any atom is -0.245 e. The van der Waals surface area contributed by atoms with Gasteiger partial charge in [-0.1, -0.05) is 49.1 Å².